The van der Waals surface area contributed by atoms with Gasteiger partial charge in [0.2, 0.25) is 0 Å². The first-order chi connectivity index (χ1) is 8.24. The number of fused-ring (bicyclic) bond motifs is 1. The number of furan rings is 1. The third kappa shape index (κ3) is 1.61. The van der Waals surface area contributed by atoms with Crippen molar-refractivity contribution in [1.82, 2.24) is 9.97 Å². The zero-order chi connectivity index (χ0) is 11.8. The number of nitrogens with one attached hydrogen (secondary N) is 1. The zero-order valence-corrected chi connectivity index (χ0v) is 8.61. The number of H-pyrrole nitrogens is 1. The molecule has 0 radical (unpaired) electrons. The van der Waals surface area contributed by atoms with Crippen LogP contribution in [0.4, 0.5) is 4.39 Å². The third-order valence-corrected chi connectivity index (χ3v) is 2.41. The van der Waals surface area contributed by atoms with E-state index in [0.29, 0.717) is 16.8 Å². The van der Waals surface area contributed by atoms with E-state index < -0.39 is 5.82 Å². The molecule has 0 aliphatic heterocycles. The van der Waals surface area contributed by atoms with Gasteiger partial charge in [0, 0.05) is 5.39 Å². The van der Waals surface area contributed by atoms with Crippen molar-refractivity contribution in [3.8, 4) is 11.5 Å². The fraction of sp³-hybridized carbons (Fsp3) is 0. The standard InChI is InChI=1S/C12H7FN2O2/c13-8-3-1-2-7-4-10(17-12(7)8)9-5-14-6-11(16)15-9/h1-6H,(H,15,16). The lowest BCUT2D eigenvalue weighted by molar-refractivity contribution is 0.567. The van der Waals surface area contributed by atoms with Crippen molar-refractivity contribution in [3.05, 3.63) is 52.8 Å². The molecule has 3 aromatic rings. The van der Waals surface area contributed by atoms with Gasteiger partial charge in [-0.15, -0.1) is 0 Å². The summed E-state index contributed by atoms with van der Waals surface area (Å²) in [5.41, 5.74) is 0.267. The van der Waals surface area contributed by atoms with Crippen molar-refractivity contribution >= 4 is 11.0 Å². The first-order valence-electron chi connectivity index (χ1n) is 4.97. The van der Waals surface area contributed by atoms with Gasteiger partial charge in [0.1, 0.15) is 5.69 Å². The van der Waals surface area contributed by atoms with Crippen LogP contribution in [0.5, 0.6) is 0 Å². The molecular formula is C12H7FN2O2. The Kier molecular flexibility index (Phi) is 2.04. The second-order valence-electron chi connectivity index (χ2n) is 3.58. The summed E-state index contributed by atoms with van der Waals surface area (Å²) in [7, 11) is 0. The molecule has 1 aromatic carbocycles. The minimum Gasteiger partial charge on any atom is -0.451 e. The molecule has 3 rings (SSSR count). The monoisotopic (exact) mass is 230 g/mol. The smallest absolute Gasteiger partial charge is 0.266 e. The SMILES string of the molecule is O=c1cncc(-c2cc3cccc(F)c3o2)[nH]1. The predicted octanol–water partition coefficient (Wildman–Crippen LogP) is 2.32. The number of aromatic nitrogens is 2. The number of para-hydroxylation sites is 1. The van der Waals surface area contributed by atoms with E-state index in [9.17, 15) is 9.18 Å². The van der Waals surface area contributed by atoms with Crippen molar-refractivity contribution < 1.29 is 8.81 Å². The number of hydrogen-bond donors (Lipinski definition) is 1. The van der Waals surface area contributed by atoms with E-state index >= 15 is 0 Å². The van der Waals surface area contributed by atoms with Crippen LogP contribution in [0.3, 0.4) is 0 Å². The van der Waals surface area contributed by atoms with Crippen LogP contribution in [0.2, 0.25) is 0 Å². The summed E-state index contributed by atoms with van der Waals surface area (Å²) in [6.45, 7) is 0. The van der Waals surface area contributed by atoms with Crippen molar-refractivity contribution in [2.24, 2.45) is 0 Å². The highest BCUT2D eigenvalue weighted by atomic mass is 19.1. The van der Waals surface area contributed by atoms with Gasteiger partial charge in [-0.1, -0.05) is 12.1 Å². The Morgan fingerprint density at radius 2 is 2.18 bits per heavy atom. The third-order valence-electron chi connectivity index (χ3n) is 2.41. The molecule has 0 spiro atoms. The molecule has 0 fully saturated rings. The van der Waals surface area contributed by atoms with Crippen LogP contribution in [0, 0.1) is 5.82 Å². The Bertz CT molecular complexity index is 745. The number of halogens is 1. The van der Waals surface area contributed by atoms with Gasteiger partial charge in [-0.25, -0.2) is 4.39 Å². The summed E-state index contributed by atoms with van der Waals surface area (Å²) in [4.78, 5) is 17.4. The Balaban J connectivity index is 2.25. The van der Waals surface area contributed by atoms with Gasteiger partial charge in [0.05, 0.1) is 12.4 Å². The Morgan fingerprint density at radius 3 is 2.94 bits per heavy atom. The quantitative estimate of drug-likeness (QED) is 0.697. The Morgan fingerprint density at radius 1 is 1.29 bits per heavy atom. The fourth-order valence-electron chi connectivity index (χ4n) is 1.66. The van der Waals surface area contributed by atoms with Gasteiger partial charge >= 0.3 is 0 Å². The molecule has 0 unspecified atom stereocenters. The number of hydrogen-bond acceptors (Lipinski definition) is 3. The Labute approximate surface area is 94.7 Å². The van der Waals surface area contributed by atoms with Gasteiger partial charge in [-0.2, -0.15) is 0 Å². The van der Waals surface area contributed by atoms with Crippen molar-refractivity contribution in [2.45, 2.75) is 0 Å². The van der Waals surface area contributed by atoms with Crippen LogP contribution in [-0.2, 0) is 0 Å². The molecule has 0 aliphatic rings. The molecule has 0 amide bonds. The molecule has 2 heterocycles. The molecule has 0 aliphatic carbocycles. The van der Waals surface area contributed by atoms with Gasteiger partial charge in [0.25, 0.3) is 5.56 Å². The molecule has 17 heavy (non-hydrogen) atoms. The summed E-state index contributed by atoms with van der Waals surface area (Å²) in [6, 6.07) is 6.32. The Hall–Kier alpha value is -2.43. The van der Waals surface area contributed by atoms with E-state index in [2.05, 4.69) is 9.97 Å². The van der Waals surface area contributed by atoms with Crippen molar-refractivity contribution in [2.75, 3.05) is 0 Å². The molecule has 0 saturated heterocycles. The highest BCUT2D eigenvalue weighted by Gasteiger charge is 2.10. The number of benzene rings is 1. The first-order valence-corrected chi connectivity index (χ1v) is 4.97. The van der Waals surface area contributed by atoms with E-state index in [1.54, 1.807) is 18.2 Å². The van der Waals surface area contributed by atoms with E-state index in [-0.39, 0.29) is 11.1 Å². The average Bonchev–Trinajstić information content (AvgIpc) is 2.74. The minimum absolute atomic E-state index is 0.173. The summed E-state index contributed by atoms with van der Waals surface area (Å²) in [6.07, 6.45) is 2.61. The van der Waals surface area contributed by atoms with Crippen LogP contribution in [0.25, 0.3) is 22.4 Å². The lowest BCUT2D eigenvalue weighted by atomic mass is 10.2. The average molecular weight is 230 g/mol. The van der Waals surface area contributed by atoms with Gasteiger partial charge in [0.15, 0.2) is 17.2 Å². The van der Waals surface area contributed by atoms with Crippen LogP contribution >= 0.6 is 0 Å². The van der Waals surface area contributed by atoms with E-state index in [4.69, 9.17) is 4.42 Å². The van der Waals surface area contributed by atoms with Crippen molar-refractivity contribution in [3.63, 3.8) is 0 Å². The van der Waals surface area contributed by atoms with Crippen molar-refractivity contribution in [1.29, 1.82) is 0 Å². The van der Waals surface area contributed by atoms with Crippen LogP contribution in [-0.4, -0.2) is 9.97 Å². The van der Waals surface area contributed by atoms with Crippen LogP contribution < -0.4 is 5.56 Å². The highest BCUT2D eigenvalue weighted by Crippen LogP contribution is 2.27. The molecule has 0 saturated carbocycles. The normalized spacial score (nSPS) is 10.9. The fourth-order valence-corrected chi connectivity index (χ4v) is 1.66. The van der Waals surface area contributed by atoms with Gasteiger partial charge in [-0.05, 0) is 12.1 Å². The van der Waals surface area contributed by atoms with Crippen LogP contribution in [0.15, 0.2) is 45.9 Å². The van der Waals surface area contributed by atoms with Gasteiger partial charge < -0.3 is 9.40 Å². The lowest BCUT2D eigenvalue weighted by Crippen LogP contribution is -2.05. The summed E-state index contributed by atoms with van der Waals surface area (Å²) in [5, 5.41) is 0.643. The molecule has 2 aromatic heterocycles. The molecular weight excluding hydrogens is 223 g/mol. The molecule has 0 atom stereocenters. The largest absolute Gasteiger partial charge is 0.451 e. The van der Waals surface area contributed by atoms with Gasteiger partial charge in [-0.3, -0.25) is 9.78 Å². The van der Waals surface area contributed by atoms with E-state index in [1.807, 2.05) is 0 Å². The minimum atomic E-state index is -0.431. The molecule has 0 bridgehead atoms. The lowest BCUT2D eigenvalue weighted by Gasteiger charge is -1.93. The molecule has 5 heteroatoms. The zero-order valence-electron chi connectivity index (χ0n) is 8.61. The molecule has 84 valence electrons. The maximum Gasteiger partial charge on any atom is 0.266 e. The summed E-state index contributed by atoms with van der Waals surface area (Å²) in [5.74, 6) is -0.0460. The first kappa shape index (κ1) is 9.77. The second kappa shape index (κ2) is 3.55. The predicted molar refractivity (Wildman–Crippen MR) is 60.0 cm³/mol. The summed E-state index contributed by atoms with van der Waals surface area (Å²) >= 11 is 0. The maximum absolute atomic E-state index is 13.4. The number of rotatable bonds is 1. The van der Waals surface area contributed by atoms with E-state index in [1.165, 1.54) is 12.3 Å². The number of nitrogens with zero attached hydrogens (tertiary/aromatic N) is 1. The maximum atomic E-state index is 13.4. The molecule has 1 N–H and O–H groups in total. The van der Waals surface area contributed by atoms with E-state index in [0.717, 1.165) is 6.20 Å². The second-order valence-corrected chi connectivity index (χ2v) is 3.58. The topological polar surface area (TPSA) is 58.9 Å². The number of aromatic amines is 1. The molecule has 4 nitrogen and oxygen atoms in total. The highest BCUT2D eigenvalue weighted by molar-refractivity contribution is 5.82. The van der Waals surface area contributed by atoms with Crippen LogP contribution in [0.1, 0.15) is 0 Å². The summed E-state index contributed by atoms with van der Waals surface area (Å²) < 4.78 is 18.8.